The van der Waals surface area contributed by atoms with Crippen molar-refractivity contribution in [1.29, 1.82) is 0 Å². The predicted molar refractivity (Wildman–Crippen MR) is 35.2 cm³/mol. The van der Waals surface area contributed by atoms with Crippen molar-refractivity contribution in [2.24, 2.45) is 0 Å². The van der Waals surface area contributed by atoms with Gasteiger partial charge in [-0.3, -0.25) is 0 Å². The van der Waals surface area contributed by atoms with Crippen molar-refractivity contribution in [1.82, 2.24) is 0 Å². The van der Waals surface area contributed by atoms with E-state index in [2.05, 4.69) is 9.47 Å². The molecule has 2 unspecified atom stereocenters. The molecule has 0 aliphatic rings. The van der Waals surface area contributed by atoms with Crippen LogP contribution in [0, 0.1) is 0 Å². The Morgan fingerprint density at radius 1 is 1.00 bits per heavy atom. The van der Waals surface area contributed by atoms with E-state index >= 15 is 0 Å². The first-order valence-corrected chi connectivity index (χ1v) is 2.80. The number of hydrogen-bond acceptors (Lipinski definition) is 4. The van der Waals surface area contributed by atoms with Gasteiger partial charge in [0.15, 0.2) is 12.6 Å². The highest BCUT2D eigenvalue weighted by atomic mass is 16.6. The zero-order chi connectivity index (χ0) is 7.98. The summed E-state index contributed by atoms with van der Waals surface area (Å²) in [7, 11) is 2.71. The summed E-state index contributed by atoms with van der Waals surface area (Å²) in [6.45, 7) is 0. The highest BCUT2D eigenvalue weighted by molar-refractivity contribution is 4.86. The fraction of sp³-hybridized carbons (Fsp3) is 0.667. The van der Waals surface area contributed by atoms with Crippen molar-refractivity contribution in [3.05, 3.63) is 12.2 Å². The molecule has 4 nitrogen and oxygen atoms in total. The van der Waals surface area contributed by atoms with Crippen molar-refractivity contribution in [3.8, 4) is 0 Å². The summed E-state index contributed by atoms with van der Waals surface area (Å²) in [4.78, 5) is 0. The summed E-state index contributed by atoms with van der Waals surface area (Å²) in [5.41, 5.74) is 0. The predicted octanol–water partition coefficient (Wildman–Crippen LogP) is -0.528. The van der Waals surface area contributed by atoms with Gasteiger partial charge in [0.05, 0.1) is 0 Å². The lowest BCUT2D eigenvalue weighted by molar-refractivity contribution is -0.0491. The Kier molecular flexibility index (Phi) is 5.15. The van der Waals surface area contributed by atoms with Gasteiger partial charge in [-0.25, -0.2) is 0 Å². The molecule has 60 valence electrons. The number of aliphatic hydroxyl groups excluding tert-OH is 2. The summed E-state index contributed by atoms with van der Waals surface area (Å²) in [5.74, 6) is 0. The fourth-order valence-corrected chi connectivity index (χ4v) is 0.347. The molecular formula is C6H12O4. The van der Waals surface area contributed by atoms with Gasteiger partial charge in [0.1, 0.15) is 0 Å². The minimum atomic E-state index is -0.982. The van der Waals surface area contributed by atoms with Crippen LogP contribution < -0.4 is 0 Å². The minimum Gasteiger partial charge on any atom is -0.365 e. The summed E-state index contributed by atoms with van der Waals surface area (Å²) >= 11 is 0. The van der Waals surface area contributed by atoms with Gasteiger partial charge in [0.2, 0.25) is 0 Å². The smallest absolute Gasteiger partial charge is 0.173 e. The molecule has 0 aliphatic carbocycles. The average Bonchev–Trinajstić information content (AvgIpc) is 1.99. The van der Waals surface area contributed by atoms with Gasteiger partial charge in [-0.15, -0.1) is 0 Å². The molecule has 0 saturated heterocycles. The van der Waals surface area contributed by atoms with E-state index in [1.54, 1.807) is 0 Å². The number of ether oxygens (including phenoxy) is 2. The van der Waals surface area contributed by atoms with Crippen molar-refractivity contribution in [2.45, 2.75) is 12.6 Å². The Hall–Kier alpha value is -0.420. The minimum absolute atomic E-state index is 0.982. The highest BCUT2D eigenvalue weighted by Crippen LogP contribution is 1.90. The molecule has 0 heterocycles. The highest BCUT2D eigenvalue weighted by Gasteiger charge is 1.96. The third kappa shape index (κ3) is 4.46. The Balaban J connectivity index is 3.52. The second-order valence-electron chi connectivity index (χ2n) is 1.64. The molecule has 2 N–H and O–H groups in total. The van der Waals surface area contributed by atoms with E-state index in [9.17, 15) is 0 Å². The van der Waals surface area contributed by atoms with Gasteiger partial charge in [0.25, 0.3) is 0 Å². The first-order chi connectivity index (χ1) is 4.70. The molecule has 0 amide bonds. The van der Waals surface area contributed by atoms with Gasteiger partial charge >= 0.3 is 0 Å². The van der Waals surface area contributed by atoms with Crippen LogP contribution in [0.25, 0.3) is 0 Å². The number of hydrogen-bond donors (Lipinski definition) is 2. The molecule has 2 atom stereocenters. The monoisotopic (exact) mass is 148 g/mol. The normalized spacial score (nSPS) is 17.6. The van der Waals surface area contributed by atoms with Gasteiger partial charge in [-0.05, 0) is 12.2 Å². The van der Waals surface area contributed by atoms with E-state index in [1.807, 2.05) is 0 Å². The van der Waals surface area contributed by atoms with Crippen molar-refractivity contribution < 1.29 is 19.7 Å². The van der Waals surface area contributed by atoms with Crippen LogP contribution in [0.5, 0.6) is 0 Å². The van der Waals surface area contributed by atoms with E-state index in [-0.39, 0.29) is 0 Å². The van der Waals surface area contributed by atoms with Gasteiger partial charge in [-0.1, -0.05) is 0 Å². The van der Waals surface area contributed by atoms with E-state index in [1.165, 1.54) is 26.4 Å². The second-order valence-corrected chi connectivity index (χ2v) is 1.64. The standard InChI is InChI=1S/C6H12O4/c1-9-5(7)3-4-6(8)10-2/h3-8H,1-2H3/b4-3-. The molecule has 4 heteroatoms. The van der Waals surface area contributed by atoms with Gasteiger partial charge < -0.3 is 19.7 Å². The summed E-state index contributed by atoms with van der Waals surface area (Å²) in [5, 5.41) is 17.5. The van der Waals surface area contributed by atoms with E-state index < -0.39 is 12.6 Å². The first-order valence-electron chi connectivity index (χ1n) is 2.80. The molecule has 0 radical (unpaired) electrons. The molecule has 10 heavy (non-hydrogen) atoms. The first kappa shape index (κ1) is 9.58. The van der Waals surface area contributed by atoms with Crippen LogP contribution in [0.4, 0.5) is 0 Å². The molecule has 0 spiro atoms. The number of methoxy groups -OCH3 is 2. The van der Waals surface area contributed by atoms with Crippen LogP contribution in [0.1, 0.15) is 0 Å². The molecule has 0 bridgehead atoms. The lowest BCUT2D eigenvalue weighted by atomic mass is 10.5. The van der Waals surface area contributed by atoms with E-state index in [0.29, 0.717) is 0 Å². The van der Waals surface area contributed by atoms with Crippen molar-refractivity contribution >= 4 is 0 Å². The summed E-state index contributed by atoms with van der Waals surface area (Å²) in [6.07, 6.45) is 0.608. The zero-order valence-corrected chi connectivity index (χ0v) is 6.02. The summed E-state index contributed by atoms with van der Waals surface area (Å²) in [6, 6.07) is 0. The molecular weight excluding hydrogens is 136 g/mol. The molecule has 0 aromatic rings. The van der Waals surface area contributed by atoms with Crippen molar-refractivity contribution in [3.63, 3.8) is 0 Å². The van der Waals surface area contributed by atoms with Crippen LogP contribution in [0.15, 0.2) is 12.2 Å². The van der Waals surface area contributed by atoms with Gasteiger partial charge in [-0.2, -0.15) is 0 Å². The molecule has 0 fully saturated rings. The van der Waals surface area contributed by atoms with E-state index in [4.69, 9.17) is 10.2 Å². The molecule has 0 rings (SSSR count). The fourth-order valence-electron chi connectivity index (χ4n) is 0.347. The van der Waals surface area contributed by atoms with Crippen molar-refractivity contribution in [2.75, 3.05) is 14.2 Å². The Morgan fingerprint density at radius 2 is 1.30 bits per heavy atom. The van der Waals surface area contributed by atoms with Crippen LogP contribution in [-0.2, 0) is 9.47 Å². The molecule has 0 aromatic carbocycles. The lowest BCUT2D eigenvalue weighted by Gasteiger charge is -2.03. The topological polar surface area (TPSA) is 58.9 Å². The third-order valence-corrected chi connectivity index (χ3v) is 0.923. The van der Waals surface area contributed by atoms with Crippen LogP contribution >= 0.6 is 0 Å². The number of rotatable bonds is 4. The third-order valence-electron chi connectivity index (χ3n) is 0.923. The summed E-state index contributed by atoms with van der Waals surface area (Å²) < 4.78 is 8.89. The Bertz CT molecular complexity index is 89.9. The van der Waals surface area contributed by atoms with Crippen LogP contribution in [0.3, 0.4) is 0 Å². The number of aliphatic hydroxyl groups is 2. The average molecular weight is 148 g/mol. The second kappa shape index (κ2) is 5.37. The molecule has 0 aromatic heterocycles. The molecule has 0 aliphatic heterocycles. The lowest BCUT2D eigenvalue weighted by Crippen LogP contribution is -2.09. The van der Waals surface area contributed by atoms with Gasteiger partial charge in [0, 0.05) is 14.2 Å². The quantitative estimate of drug-likeness (QED) is 0.415. The largest absolute Gasteiger partial charge is 0.365 e. The molecule has 0 saturated carbocycles. The van der Waals surface area contributed by atoms with Crippen LogP contribution in [0.2, 0.25) is 0 Å². The SMILES string of the molecule is COC(O)/C=C\C(O)OC. The Labute approximate surface area is 59.7 Å². The Morgan fingerprint density at radius 3 is 1.50 bits per heavy atom. The maximum absolute atomic E-state index is 8.73. The van der Waals surface area contributed by atoms with E-state index in [0.717, 1.165) is 0 Å². The maximum Gasteiger partial charge on any atom is 0.173 e. The zero-order valence-electron chi connectivity index (χ0n) is 6.02. The van der Waals surface area contributed by atoms with Crippen LogP contribution in [-0.4, -0.2) is 37.0 Å². The maximum atomic E-state index is 8.73.